The van der Waals surface area contributed by atoms with Gasteiger partial charge in [0.1, 0.15) is 11.4 Å². The highest BCUT2D eigenvalue weighted by molar-refractivity contribution is 7.20. The zero-order valence-electron chi connectivity index (χ0n) is 19.3. The third-order valence-corrected chi connectivity index (χ3v) is 7.33. The summed E-state index contributed by atoms with van der Waals surface area (Å²) in [5.41, 5.74) is 0.662. The fourth-order valence-electron chi connectivity index (χ4n) is 4.25. The van der Waals surface area contributed by atoms with E-state index in [1.54, 1.807) is 31.2 Å². The lowest BCUT2D eigenvalue weighted by molar-refractivity contribution is -0.135. The second kappa shape index (κ2) is 9.76. The first kappa shape index (κ1) is 23.6. The minimum absolute atomic E-state index is 0.0879. The van der Waals surface area contributed by atoms with Crippen LogP contribution in [0.5, 0.6) is 0 Å². The molecular weight excluding hydrogens is 456 g/mol. The van der Waals surface area contributed by atoms with E-state index in [2.05, 4.69) is 10.3 Å². The summed E-state index contributed by atoms with van der Waals surface area (Å²) < 4.78 is 6.08. The Morgan fingerprint density at radius 3 is 2.74 bits per heavy atom. The van der Waals surface area contributed by atoms with Gasteiger partial charge in [0, 0.05) is 12.6 Å². The number of esters is 1. The van der Waals surface area contributed by atoms with Crippen LogP contribution < -0.4 is 10.9 Å². The van der Waals surface area contributed by atoms with E-state index < -0.39 is 11.9 Å². The van der Waals surface area contributed by atoms with Gasteiger partial charge < -0.3 is 15.0 Å². The second-order valence-electron chi connectivity index (χ2n) is 8.34. The van der Waals surface area contributed by atoms with Gasteiger partial charge in [0.2, 0.25) is 5.91 Å². The Hall–Kier alpha value is -3.53. The summed E-state index contributed by atoms with van der Waals surface area (Å²) in [6.45, 7) is 4.31. The molecule has 2 amide bonds. The third kappa shape index (κ3) is 4.45. The fraction of sp³-hybridized carbons (Fsp3) is 0.375. The van der Waals surface area contributed by atoms with E-state index >= 15 is 0 Å². The molecule has 0 spiro atoms. The standard InChI is InChI=1S/C24H26N4O5S/c1-14-8-6-7-11-28(14)18(29)12-27-13-25-22-19(23(27)31)15(2)20(34-22)21(30)26-17-10-5-4-9-16(17)24(32)33-3/h4-5,9-10,13-14H,6-8,11-12H2,1-3H3,(H,26,30)/t14-/m1/s1. The van der Waals surface area contributed by atoms with Gasteiger partial charge >= 0.3 is 5.97 Å². The lowest BCUT2D eigenvalue weighted by Crippen LogP contribution is -2.44. The number of nitrogens with zero attached hydrogens (tertiary/aromatic N) is 3. The number of thiophene rings is 1. The fourth-order valence-corrected chi connectivity index (χ4v) is 5.29. The number of likely N-dealkylation sites (tertiary alicyclic amines) is 1. The number of ether oxygens (including phenoxy) is 1. The van der Waals surface area contributed by atoms with Gasteiger partial charge in [0.05, 0.1) is 35.0 Å². The number of carbonyl (C=O) groups excluding carboxylic acids is 3. The van der Waals surface area contributed by atoms with E-state index in [-0.39, 0.29) is 29.6 Å². The number of aromatic nitrogens is 2. The summed E-state index contributed by atoms with van der Waals surface area (Å²) in [4.78, 5) is 58.0. The molecule has 4 rings (SSSR count). The number of aryl methyl sites for hydroxylation is 1. The second-order valence-corrected chi connectivity index (χ2v) is 9.34. The molecule has 3 heterocycles. The first-order chi connectivity index (χ1) is 16.3. The number of fused-ring (bicyclic) bond motifs is 1. The molecular formula is C24H26N4O5S. The van der Waals surface area contributed by atoms with Crippen molar-refractivity contribution in [3.8, 4) is 0 Å². The van der Waals surface area contributed by atoms with Crippen LogP contribution in [0.25, 0.3) is 10.2 Å². The van der Waals surface area contributed by atoms with Crippen molar-refractivity contribution < 1.29 is 19.1 Å². The molecule has 0 radical (unpaired) electrons. The van der Waals surface area contributed by atoms with Crippen molar-refractivity contribution in [2.24, 2.45) is 0 Å². The maximum atomic E-state index is 13.2. The number of methoxy groups -OCH3 is 1. The number of rotatable bonds is 5. The number of carbonyl (C=O) groups is 3. The first-order valence-corrected chi connectivity index (χ1v) is 11.9. The van der Waals surface area contributed by atoms with Crippen LogP contribution in [0.15, 0.2) is 35.4 Å². The average Bonchev–Trinajstić information content (AvgIpc) is 3.18. The molecule has 0 unspecified atom stereocenters. The van der Waals surface area contributed by atoms with Crippen LogP contribution in [0, 0.1) is 6.92 Å². The third-order valence-electron chi connectivity index (χ3n) is 6.13. The number of benzene rings is 1. The molecule has 1 N–H and O–H groups in total. The predicted molar refractivity (Wildman–Crippen MR) is 129 cm³/mol. The normalized spacial score (nSPS) is 15.9. The quantitative estimate of drug-likeness (QED) is 0.559. The first-order valence-electron chi connectivity index (χ1n) is 11.1. The van der Waals surface area contributed by atoms with E-state index in [1.807, 2.05) is 11.8 Å². The summed E-state index contributed by atoms with van der Waals surface area (Å²) in [5.74, 6) is -1.14. The molecule has 1 aliphatic rings. The highest BCUT2D eigenvalue weighted by Gasteiger charge is 2.25. The molecule has 0 saturated carbocycles. The Labute approximate surface area is 200 Å². The minimum atomic E-state index is -0.568. The molecule has 1 aromatic carbocycles. The molecule has 1 atom stereocenters. The molecule has 0 aliphatic carbocycles. The van der Waals surface area contributed by atoms with Crippen LogP contribution in [0.2, 0.25) is 0 Å². The summed E-state index contributed by atoms with van der Waals surface area (Å²) in [5, 5.41) is 3.05. The van der Waals surface area contributed by atoms with Crippen molar-refractivity contribution in [3.05, 3.63) is 57.0 Å². The molecule has 10 heteroatoms. The predicted octanol–water partition coefficient (Wildman–Crippen LogP) is 3.21. The summed E-state index contributed by atoms with van der Waals surface area (Å²) in [6, 6.07) is 6.68. The number of para-hydroxylation sites is 1. The largest absolute Gasteiger partial charge is 0.465 e. The molecule has 1 fully saturated rings. The van der Waals surface area contributed by atoms with Crippen LogP contribution in [0.1, 0.15) is 51.8 Å². The summed E-state index contributed by atoms with van der Waals surface area (Å²) in [6.07, 6.45) is 4.38. The molecule has 34 heavy (non-hydrogen) atoms. The van der Waals surface area contributed by atoms with Crippen molar-refractivity contribution in [1.82, 2.24) is 14.5 Å². The van der Waals surface area contributed by atoms with Crippen molar-refractivity contribution in [2.45, 2.75) is 45.7 Å². The van der Waals surface area contributed by atoms with E-state index in [0.29, 0.717) is 32.9 Å². The monoisotopic (exact) mass is 482 g/mol. The molecule has 3 aromatic rings. The van der Waals surface area contributed by atoms with E-state index in [4.69, 9.17) is 4.74 Å². The molecule has 9 nitrogen and oxygen atoms in total. The number of nitrogens with one attached hydrogen (secondary N) is 1. The Morgan fingerprint density at radius 1 is 1.24 bits per heavy atom. The van der Waals surface area contributed by atoms with Crippen LogP contribution in [0.3, 0.4) is 0 Å². The molecule has 1 aliphatic heterocycles. The van der Waals surface area contributed by atoms with Crippen LogP contribution in [-0.4, -0.2) is 51.9 Å². The Bertz CT molecular complexity index is 1330. The Balaban J connectivity index is 1.62. The van der Waals surface area contributed by atoms with Gasteiger partial charge in [-0.05, 0) is 50.8 Å². The van der Waals surface area contributed by atoms with Gasteiger partial charge in [-0.3, -0.25) is 19.0 Å². The molecule has 1 saturated heterocycles. The zero-order valence-corrected chi connectivity index (χ0v) is 20.1. The minimum Gasteiger partial charge on any atom is -0.465 e. The van der Waals surface area contributed by atoms with E-state index in [1.165, 1.54) is 18.0 Å². The maximum Gasteiger partial charge on any atom is 0.339 e. The Morgan fingerprint density at radius 2 is 2.00 bits per heavy atom. The van der Waals surface area contributed by atoms with Crippen molar-refractivity contribution in [1.29, 1.82) is 0 Å². The van der Waals surface area contributed by atoms with Gasteiger partial charge in [0.15, 0.2) is 0 Å². The average molecular weight is 483 g/mol. The topological polar surface area (TPSA) is 111 Å². The Kier molecular flexibility index (Phi) is 6.78. The number of hydrogen-bond donors (Lipinski definition) is 1. The highest BCUT2D eigenvalue weighted by Crippen LogP contribution is 2.28. The van der Waals surface area contributed by atoms with Crippen molar-refractivity contribution in [3.63, 3.8) is 0 Å². The van der Waals surface area contributed by atoms with Gasteiger partial charge in [-0.2, -0.15) is 0 Å². The van der Waals surface area contributed by atoms with Crippen LogP contribution in [0.4, 0.5) is 5.69 Å². The van der Waals surface area contributed by atoms with E-state index in [9.17, 15) is 19.2 Å². The highest BCUT2D eigenvalue weighted by atomic mass is 32.1. The van der Waals surface area contributed by atoms with Crippen molar-refractivity contribution >= 4 is 45.0 Å². The number of hydrogen-bond acceptors (Lipinski definition) is 7. The van der Waals surface area contributed by atoms with Crippen molar-refractivity contribution in [2.75, 3.05) is 19.0 Å². The zero-order chi connectivity index (χ0) is 24.4. The van der Waals surface area contributed by atoms with Gasteiger partial charge in [-0.15, -0.1) is 11.3 Å². The molecule has 0 bridgehead atoms. The van der Waals surface area contributed by atoms with Gasteiger partial charge in [0.25, 0.3) is 11.5 Å². The maximum absolute atomic E-state index is 13.2. The molecule has 178 valence electrons. The number of amides is 2. The van der Waals surface area contributed by atoms with Crippen LogP contribution in [-0.2, 0) is 16.1 Å². The molecule has 2 aromatic heterocycles. The lowest BCUT2D eigenvalue weighted by atomic mass is 10.0. The summed E-state index contributed by atoms with van der Waals surface area (Å²) >= 11 is 1.09. The lowest BCUT2D eigenvalue weighted by Gasteiger charge is -2.33. The van der Waals surface area contributed by atoms with Crippen LogP contribution >= 0.6 is 11.3 Å². The number of piperidine rings is 1. The van der Waals surface area contributed by atoms with Gasteiger partial charge in [-0.1, -0.05) is 12.1 Å². The summed E-state index contributed by atoms with van der Waals surface area (Å²) in [7, 11) is 1.27. The van der Waals surface area contributed by atoms with Gasteiger partial charge in [-0.25, -0.2) is 9.78 Å². The van der Waals surface area contributed by atoms with E-state index in [0.717, 1.165) is 30.6 Å². The SMILES string of the molecule is COC(=O)c1ccccc1NC(=O)c1sc2ncn(CC(=O)N3CCCC[C@H]3C)c(=O)c2c1C. The smallest absolute Gasteiger partial charge is 0.339 e. The number of anilines is 1.